The van der Waals surface area contributed by atoms with Crippen molar-refractivity contribution in [2.75, 3.05) is 25.5 Å². The van der Waals surface area contributed by atoms with Gasteiger partial charge in [0.25, 0.3) is 5.91 Å². The summed E-state index contributed by atoms with van der Waals surface area (Å²) in [7, 11) is 1.61. The number of nitrogens with zero attached hydrogens (tertiary/aromatic N) is 2. The highest BCUT2D eigenvalue weighted by Gasteiger charge is 2.27. The van der Waals surface area contributed by atoms with Crippen molar-refractivity contribution in [3.63, 3.8) is 0 Å². The summed E-state index contributed by atoms with van der Waals surface area (Å²) in [4.78, 5) is 31.9. The molecule has 2 aliphatic rings. The van der Waals surface area contributed by atoms with Crippen LogP contribution >= 0.6 is 0 Å². The van der Waals surface area contributed by atoms with Crippen LogP contribution in [0.15, 0.2) is 42.6 Å². The third kappa shape index (κ3) is 5.94. The van der Waals surface area contributed by atoms with Gasteiger partial charge in [0.15, 0.2) is 0 Å². The van der Waals surface area contributed by atoms with Crippen LogP contribution in [0.5, 0.6) is 5.75 Å². The van der Waals surface area contributed by atoms with Crippen LogP contribution in [0.4, 0.5) is 16.3 Å². The molecule has 8 heteroatoms. The van der Waals surface area contributed by atoms with Crippen LogP contribution in [0.25, 0.3) is 0 Å². The van der Waals surface area contributed by atoms with Gasteiger partial charge in [-0.05, 0) is 49.9 Å². The van der Waals surface area contributed by atoms with Crippen molar-refractivity contribution >= 4 is 23.4 Å². The second-order valence-corrected chi connectivity index (χ2v) is 8.74. The van der Waals surface area contributed by atoms with E-state index in [1.54, 1.807) is 25.4 Å². The predicted molar refractivity (Wildman–Crippen MR) is 128 cm³/mol. The van der Waals surface area contributed by atoms with Crippen LogP contribution in [0.3, 0.4) is 0 Å². The molecule has 1 saturated carbocycles. The number of amides is 3. The molecule has 4 rings (SSSR count). The molecule has 8 nitrogen and oxygen atoms in total. The third-order valence-electron chi connectivity index (χ3n) is 6.46. The molecule has 3 amide bonds. The lowest BCUT2D eigenvalue weighted by atomic mass is 9.96. The molecule has 3 N–H and O–H groups in total. The van der Waals surface area contributed by atoms with Crippen molar-refractivity contribution in [3.05, 3.63) is 48.2 Å². The van der Waals surface area contributed by atoms with E-state index in [1.165, 1.54) is 19.3 Å². The molecule has 2 heterocycles. The zero-order valence-corrected chi connectivity index (χ0v) is 19.2. The van der Waals surface area contributed by atoms with Gasteiger partial charge in [0.1, 0.15) is 11.6 Å². The van der Waals surface area contributed by atoms with Crippen molar-refractivity contribution in [3.8, 4) is 5.75 Å². The number of nitrogens with one attached hydrogen (secondary N) is 3. The molecular formula is C25H33N5O3. The predicted octanol–water partition coefficient (Wildman–Crippen LogP) is 4.07. The van der Waals surface area contributed by atoms with Gasteiger partial charge in [0.05, 0.1) is 18.4 Å². The molecule has 0 radical (unpaired) electrons. The number of methoxy groups -OCH3 is 1. The number of hydrogen-bond acceptors (Lipinski definition) is 5. The van der Waals surface area contributed by atoms with Crippen LogP contribution in [0.2, 0.25) is 0 Å². The fourth-order valence-electron chi connectivity index (χ4n) is 4.61. The van der Waals surface area contributed by atoms with Gasteiger partial charge >= 0.3 is 6.03 Å². The summed E-state index contributed by atoms with van der Waals surface area (Å²) in [5.41, 5.74) is 1.27. The normalized spacial score (nSPS) is 17.3. The monoisotopic (exact) mass is 451 g/mol. The van der Waals surface area contributed by atoms with E-state index in [-0.39, 0.29) is 18.0 Å². The van der Waals surface area contributed by atoms with Crippen LogP contribution in [-0.2, 0) is 0 Å². The molecule has 0 atom stereocenters. The number of benzene rings is 1. The average molecular weight is 452 g/mol. The minimum atomic E-state index is -0.0813. The lowest BCUT2D eigenvalue weighted by Crippen LogP contribution is -2.51. The molecule has 33 heavy (non-hydrogen) atoms. The smallest absolute Gasteiger partial charge is 0.315 e. The molecule has 2 fully saturated rings. The van der Waals surface area contributed by atoms with E-state index in [2.05, 4.69) is 20.9 Å². The van der Waals surface area contributed by atoms with E-state index in [0.29, 0.717) is 36.3 Å². The minimum Gasteiger partial charge on any atom is -0.495 e. The van der Waals surface area contributed by atoms with Gasteiger partial charge in [-0.1, -0.05) is 31.4 Å². The topological polar surface area (TPSA) is 95.6 Å². The number of piperidine rings is 1. The van der Waals surface area contributed by atoms with Gasteiger partial charge in [0.2, 0.25) is 0 Å². The van der Waals surface area contributed by atoms with E-state index in [9.17, 15) is 9.59 Å². The zero-order valence-electron chi connectivity index (χ0n) is 19.2. The summed E-state index contributed by atoms with van der Waals surface area (Å²) in [6.45, 7) is 1.19. The van der Waals surface area contributed by atoms with Gasteiger partial charge < -0.3 is 25.6 Å². The van der Waals surface area contributed by atoms with Gasteiger partial charge in [-0.3, -0.25) is 4.79 Å². The first kappa shape index (κ1) is 22.9. The Morgan fingerprint density at radius 3 is 2.36 bits per heavy atom. The Kier molecular flexibility index (Phi) is 7.65. The first-order chi connectivity index (χ1) is 16.1. The molecule has 1 aromatic carbocycles. The van der Waals surface area contributed by atoms with Gasteiger partial charge in [0, 0.05) is 31.4 Å². The number of carbonyl (C=O) groups is 2. The molecule has 0 bridgehead atoms. The molecule has 176 valence electrons. The zero-order chi connectivity index (χ0) is 23.0. The highest BCUT2D eigenvalue weighted by atomic mass is 16.5. The van der Waals surface area contributed by atoms with Crippen molar-refractivity contribution in [2.45, 2.75) is 57.0 Å². The number of hydrogen-bond donors (Lipinski definition) is 3. The third-order valence-corrected chi connectivity index (χ3v) is 6.46. The summed E-state index contributed by atoms with van der Waals surface area (Å²) >= 11 is 0. The SMILES string of the molecule is COc1ccccc1Nc1ncccc1C(=O)N1CCC(NC(=O)NC2CCCCC2)CC1. The Hall–Kier alpha value is -3.29. The molecule has 0 spiro atoms. The lowest BCUT2D eigenvalue weighted by Gasteiger charge is -2.33. The molecule has 2 aromatic rings. The fourth-order valence-corrected chi connectivity index (χ4v) is 4.61. The van der Waals surface area contributed by atoms with E-state index < -0.39 is 0 Å². The Labute approximate surface area is 195 Å². The number of ether oxygens (including phenoxy) is 1. The number of rotatable bonds is 6. The summed E-state index contributed by atoms with van der Waals surface area (Å²) in [6, 6.07) is 11.4. The standard InChI is InChI=1S/C25H33N5O3/c1-33-22-12-6-5-11-21(22)29-23-20(10-7-15-26-23)24(31)30-16-13-19(14-17-30)28-25(32)27-18-8-3-2-4-9-18/h5-7,10-12,15,18-19H,2-4,8-9,13-14,16-17H2,1H3,(H,26,29)(H2,27,28,32). The number of urea groups is 1. The largest absolute Gasteiger partial charge is 0.495 e. The van der Waals surface area contributed by atoms with E-state index in [0.717, 1.165) is 31.4 Å². The summed E-state index contributed by atoms with van der Waals surface area (Å²) < 4.78 is 5.40. The lowest BCUT2D eigenvalue weighted by molar-refractivity contribution is 0.0709. The first-order valence-corrected chi connectivity index (χ1v) is 11.9. The van der Waals surface area contributed by atoms with Crippen LogP contribution in [0.1, 0.15) is 55.3 Å². The maximum atomic E-state index is 13.3. The van der Waals surface area contributed by atoms with Gasteiger partial charge in [-0.2, -0.15) is 0 Å². The molecule has 1 aliphatic heterocycles. The summed E-state index contributed by atoms with van der Waals surface area (Å²) in [5.74, 6) is 1.12. The van der Waals surface area contributed by atoms with E-state index in [1.807, 2.05) is 29.2 Å². The summed E-state index contributed by atoms with van der Waals surface area (Å²) in [6.07, 6.45) is 8.91. The second-order valence-electron chi connectivity index (χ2n) is 8.74. The van der Waals surface area contributed by atoms with Crippen LogP contribution in [-0.4, -0.2) is 54.1 Å². The van der Waals surface area contributed by atoms with E-state index >= 15 is 0 Å². The maximum Gasteiger partial charge on any atom is 0.315 e. The van der Waals surface area contributed by atoms with Crippen LogP contribution in [0, 0.1) is 0 Å². The number of pyridine rings is 1. The molecule has 1 saturated heterocycles. The van der Waals surface area contributed by atoms with E-state index in [4.69, 9.17) is 4.74 Å². The van der Waals surface area contributed by atoms with Gasteiger partial charge in [-0.15, -0.1) is 0 Å². The Morgan fingerprint density at radius 2 is 1.64 bits per heavy atom. The average Bonchev–Trinajstić information content (AvgIpc) is 2.85. The Bertz CT molecular complexity index is 953. The molecule has 0 unspecified atom stereocenters. The van der Waals surface area contributed by atoms with Gasteiger partial charge in [-0.25, -0.2) is 9.78 Å². The van der Waals surface area contributed by atoms with Crippen molar-refractivity contribution < 1.29 is 14.3 Å². The highest BCUT2D eigenvalue weighted by molar-refractivity contribution is 5.99. The number of anilines is 2. The fraction of sp³-hybridized carbons (Fsp3) is 0.480. The molecule has 1 aliphatic carbocycles. The van der Waals surface area contributed by atoms with Crippen LogP contribution < -0.4 is 20.7 Å². The van der Waals surface area contributed by atoms with Crippen molar-refractivity contribution in [1.82, 2.24) is 20.5 Å². The maximum absolute atomic E-state index is 13.3. The number of carbonyl (C=O) groups excluding carboxylic acids is 2. The van der Waals surface area contributed by atoms with Crippen molar-refractivity contribution in [2.24, 2.45) is 0 Å². The number of para-hydroxylation sites is 2. The molecular weight excluding hydrogens is 418 g/mol. The number of likely N-dealkylation sites (tertiary alicyclic amines) is 1. The summed E-state index contributed by atoms with van der Waals surface area (Å²) in [5, 5.41) is 9.44. The number of aromatic nitrogens is 1. The second kappa shape index (κ2) is 11.0. The quantitative estimate of drug-likeness (QED) is 0.615. The molecule has 1 aromatic heterocycles. The first-order valence-electron chi connectivity index (χ1n) is 11.9. The Morgan fingerprint density at radius 1 is 0.939 bits per heavy atom. The van der Waals surface area contributed by atoms with Crippen molar-refractivity contribution in [1.29, 1.82) is 0 Å². The minimum absolute atomic E-state index is 0.0643. The highest BCUT2D eigenvalue weighted by Crippen LogP contribution is 2.28. The Balaban J connectivity index is 1.33.